The largest absolute Gasteiger partial charge is 0.436 e. The van der Waals surface area contributed by atoms with Crippen LogP contribution in [0.1, 0.15) is 0 Å². The predicted molar refractivity (Wildman–Crippen MR) is 233 cm³/mol. The second-order valence-electron chi connectivity index (χ2n) is 14.3. The van der Waals surface area contributed by atoms with E-state index < -0.39 is 0 Å². The lowest BCUT2D eigenvalue weighted by molar-refractivity contribution is 0.619. The van der Waals surface area contributed by atoms with Crippen LogP contribution in [0.2, 0.25) is 0 Å². The van der Waals surface area contributed by atoms with Crippen molar-refractivity contribution in [1.82, 2.24) is 9.97 Å². The van der Waals surface area contributed by atoms with Gasteiger partial charge in [-0.2, -0.15) is 0 Å². The first-order valence-electron chi connectivity index (χ1n) is 19.0. The van der Waals surface area contributed by atoms with Crippen LogP contribution in [0.25, 0.3) is 88.9 Å². The standard InChI is InChI=1S/C52H33N3O2/c1-2-8-40-32-43-33-41(17-18-42(43)31-39(40)7-1)36-21-27-45(28-22-36)55(46-29-23-38(24-30-46)52-54-48-10-4-6-12-50(48)57-52)44-25-19-35(20-26-44)34-13-15-37(16-14-34)51-53-47-9-3-5-11-49(47)56-51/h1-33H. The maximum absolute atomic E-state index is 6.09. The van der Waals surface area contributed by atoms with Crippen molar-refractivity contribution in [3.8, 4) is 45.2 Å². The number of aromatic nitrogens is 2. The molecule has 0 amide bonds. The molecule has 0 radical (unpaired) electrons. The monoisotopic (exact) mass is 731 g/mol. The summed E-state index contributed by atoms with van der Waals surface area (Å²) in [5.74, 6) is 1.23. The van der Waals surface area contributed by atoms with E-state index in [1.165, 1.54) is 27.1 Å². The Labute approximate surface area is 328 Å². The van der Waals surface area contributed by atoms with E-state index in [1.54, 1.807) is 0 Å². The molecule has 0 atom stereocenters. The maximum atomic E-state index is 6.09. The zero-order valence-electron chi connectivity index (χ0n) is 30.7. The van der Waals surface area contributed by atoms with Crippen LogP contribution in [0.15, 0.2) is 209 Å². The van der Waals surface area contributed by atoms with Gasteiger partial charge >= 0.3 is 0 Å². The highest BCUT2D eigenvalue weighted by Crippen LogP contribution is 2.39. The molecule has 5 heteroatoms. The van der Waals surface area contributed by atoms with Crippen molar-refractivity contribution < 1.29 is 8.83 Å². The molecule has 0 aliphatic carbocycles. The summed E-state index contributed by atoms with van der Waals surface area (Å²) in [5.41, 5.74) is 12.8. The molecule has 0 fully saturated rings. The molecule has 57 heavy (non-hydrogen) atoms. The molecule has 0 bridgehead atoms. The van der Waals surface area contributed by atoms with Crippen molar-refractivity contribution in [3.05, 3.63) is 200 Å². The van der Waals surface area contributed by atoms with Gasteiger partial charge in [0.1, 0.15) is 11.0 Å². The number of benzene rings is 9. The van der Waals surface area contributed by atoms with E-state index in [0.29, 0.717) is 11.8 Å². The van der Waals surface area contributed by atoms with E-state index in [0.717, 1.165) is 67.1 Å². The van der Waals surface area contributed by atoms with Crippen molar-refractivity contribution >= 4 is 60.8 Å². The lowest BCUT2D eigenvalue weighted by Crippen LogP contribution is -2.09. The van der Waals surface area contributed by atoms with E-state index in [-0.39, 0.29) is 0 Å². The minimum atomic E-state index is 0.605. The molecule has 11 rings (SSSR count). The van der Waals surface area contributed by atoms with Crippen LogP contribution in [0.5, 0.6) is 0 Å². The van der Waals surface area contributed by atoms with Crippen LogP contribution in [-0.2, 0) is 0 Å². The highest BCUT2D eigenvalue weighted by molar-refractivity contribution is 6.00. The van der Waals surface area contributed by atoms with Gasteiger partial charge in [-0.3, -0.25) is 0 Å². The zero-order valence-corrected chi connectivity index (χ0v) is 30.7. The quantitative estimate of drug-likeness (QED) is 0.153. The highest BCUT2D eigenvalue weighted by Gasteiger charge is 2.16. The summed E-state index contributed by atoms with van der Waals surface area (Å²) in [5, 5.41) is 4.98. The normalized spacial score (nSPS) is 11.5. The molecule has 0 saturated carbocycles. The summed E-state index contributed by atoms with van der Waals surface area (Å²) in [6, 6.07) is 69.8. The average molecular weight is 732 g/mol. The first-order chi connectivity index (χ1) is 28.2. The molecule has 0 aliphatic heterocycles. The van der Waals surface area contributed by atoms with Crippen LogP contribution in [0.4, 0.5) is 17.1 Å². The Morgan fingerprint density at radius 2 is 0.667 bits per heavy atom. The minimum Gasteiger partial charge on any atom is -0.436 e. The average Bonchev–Trinajstić information content (AvgIpc) is 3.92. The molecule has 0 aliphatic rings. The smallest absolute Gasteiger partial charge is 0.227 e. The number of nitrogens with zero attached hydrogens (tertiary/aromatic N) is 3. The van der Waals surface area contributed by atoms with Crippen molar-refractivity contribution in [2.45, 2.75) is 0 Å². The van der Waals surface area contributed by atoms with Crippen molar-refractivity contribution in [1.29, 1.82) is 0 Å². The Kier molecular flexibility index (Phi) is 7.74. The summed E-state index contributed by atoms with van der Waals surface area (Å²) < 4.78 is 12.1. The summed E-state index contributed by atoms with van der Waals surface area (Å²) in [7, 11) is 0. The van der Waals surface area contributed by atoms with Crippen molar-refractivity contribution in [2.75, 3.05) is 4.90 Å². The molecule has 268 valence electrons. The molecule has 2 aromatic heterocycles. The van der Waals surface area contributed by atoms with E-state index in [1.807, 2.05) is 48.5 Å². The highest BCUT2D eigenvalue weighted by atomic mass is 16.4. The number of para-hydroxylation sites is 4. The number of hydrogen-bond acceptors (Lipinski definition) is 5. The molecule has 0 N–H and O–H groups in total. The molecule has 11 aromatic rings. The molecular weight excluding hydrogens is 699 g/mol. The molecule has 0 spiro atoms. The first-order valence-corrected chi connectivity index (χ1v) is 19.0. The Hall–Kier alpha value is -7.76. The van der Waals surface area contributed by atoms with Gasteiger partial charge in [-0.15, -0.1) is 0 Å². The van der Waals surface area contributed by atoms with Crippen LogP contribution in [-0.4, -0.2) is 9.97 Å². The topological polar surface area (TPSA) is 55.3 Å². The molecule has 0 saturated heterocycles. The number of fused-ring (bicyclic) bond motifs is 4. The Bertz CT molecular complexity index is 3150. The molecular formula is C52H33N3O2. The van der Waals surface area contributed by atoms with Crippen molar-refractivity contribution in [2.24, 2.45) is 0 Å². The lowest BCUT2D eigenvalue weighted by atomic mass is 9.98. The van der Waals surface area contributed by atoms with E-state index >= 15 is 0 Å². The zero-order chi connectivity index (χ0) is 37.7. The summed E-state index contributed by atoms with van der Waals surface area (Å²) in [6.07, 6.45) is 0. The van der Waals surface area contributed by atoms with Gasteiger partial charge in [0.25, 0.3) is 0 Å². The molecule has 0 unspecified atom stereocenters. The van der Waals surface area contributed by atoms with Crippen LogP contribution < -0.4 is 4.90 Å². The molecule has 2 heterocycles. The second-order valence-corrected chi connectivity index (χ2v) is 14.3. The Morgan fingerprint density at radius 1 is 0.298 bits per heavy atom. The summed E-state index contributed by atoms with van der Waals surface area (Å²) >= 11 is 0. The molecule has 9 aromatic carbocycles. The van der Waals surface area contributed by atoms with E-state index in [4.69, 9.17) is 13.8 Å². The van der Waals surface area contributed by atoms with Crippen molar-refractivity contribution in [3.63, 3.8) is 0 Å². The van der Waals surface area contributed by atoms with E-state index in [9.17, 15) is 0 Å². The SMILES string of the molecule is c1ccc2cc3cc(-c4ccc(N(c5ccc(-c6ccc(-c7nc8ccccc8o7)cc6)cc5)c5ccc(-c6nc7ccccc7o6)cc5)cc4)ccc3cc2c1. The first kappa shape index (κ1) is 32.7. The number of anilines is 3. The Morgan fingerprint density at radius 3 is 1.18 bits per heavy atom. The number of oxazole rings is 2. The lowest BCUT2D eigenvalue weighted by Gasteiger charge is -2.26. The maximum Gasteiger partial charge on any atom is 0.227 e. The van der Waals surface area contributed by atoms with Crippen LogP contribution in [0.3, 0.4) is 0 Å². The second kappa shape index (κ2) is 13.5. The van der Waals surface area contributed by atoms with Gasteiger partial charge in [0.15, 0.2) is 11.2 Å². The van der Waals surface area contributed by atoms with E-state index in [2.05, 4.69) is 162 Å². The van der Waals surface area contributed by atoms with Gasteiger partial charge in [-0.1, -0.05) is 97.1 Å². The fourth-order valence-corrected chi connectivity index (χ4v) is 7.72. The van der Waals surface area contributed by atoms with Crippen LogP contribution in [0, 0.1) is 0 Å². The molecule has 5 nitrogen and oxygen atoms in total. The predicted octanol–water partition coefficient (Wildman–Crippen LogP) is 14.4. The third kappa shape index (κ3) is 6.08. The summed E-state index contributed by atoms with van der Waals surface area (Å²) in [6.45, 7) is 0. The fraction of sp³-hybridized carbons (Fsp3) is 0. The Balaban J connectivity index is 0.926. The van der Waals surface area contributed by atoms with Gasteiger partial charge in [0.05, 0.1) is 0 Å². The third-order valence-corrected chi connectivity index (χ3v) is 10.7. The van der Waals surface area contributed by atoms with Gasteiger partial charge in [-0.25, -0.2) is 9.97 Å². The van der Waals surface area contributed by atoms with Gasteiger partial charge in [0, 0.05) is 28.2 Å². The number of hydrogen-bond donors (Lipinski definition) is 0. The van der Waals surface area contributed by atoms with Crippen LogP contribution >= 0.6 is 0 Å². The third-order valence-electron chi connectivity index (χ3n) is 10.7. The summed E-state index contributed by atoms with van der Waals surface area (Å²) in [4.78, 5) is 11.7. The fourth-order valence-electron chi connectivity index (χ4n) is 7.72. The number of rotatable bonds is 7. The van der Waals surface area contributed by atoms with Gasteiger partial charge in [-0.05, 0) is 147 Å². The minimum absolute atomic E-state index is 0.605. The van der Waals surface area contributed by atoms with Gasteiger partial charge in [0.2, 0.25) is 11.8 Å². The van der Waals surface area contributed by atoms with Gasteiger partial charge < -0.3 is 13.7 Å².